The van der Waals surface area contributed by atoms with Gasteiger partial charge in [-0.15, -0.1) is 0 Å². The van der Waals surface area contributed by atoms with Crippen LogP contribution in [0.1, 0.15) is 30.7 Å². The topological polar surface area (TPSA) is 55.7 Å². The monoisotopic (exact) mass is 670 g/mol. The highest BCUT2D eigenvalue weighted by Crippen LogP contribution is 2.37. The number of aliphatic imine (C=N–C) groups is 2. The van der Waals surface area contributed by atoms with Gasteiger partial charge in [-0.1, -0.05) is 115 Å². The van der Waals surface area contributed by atoms with Gasteiger partial charge in [-0.05, 0) is 79.1 Å². The highest BCUT2D eigenvalue weighted by Gasteiger charge is 2.15. The van der Waals surface area contributed by atoms with Crippen LogP contribution < -0.4 is 0 Å². The van der Waals surface area contributed by atoms with Crippen LogP contribution in [0.25, 0.3) is 66.3 Å². The van der Waals surface area contributed by atoms with Crippen LogP contribution in [0.5, 0.6) is 0 Å². The summed E-state index contributed by atoms with van der Waals surface area (Å²) in [7, 11) is 0. The molecule has 0 unspecified atom stereocenters. The van der Waals surface area contributed by atoms with Crippen molar-refractivity contribution in [1.82, 2.24) is 9.55 Å². The molecule has 0 aliphatic carbocycles. The Kier molecular flexibility index (Phi) is 7.86. The van der Waals surface area contributed by atoms with Crippen molar-refractivity contribution in [2.24, 2.45) is 9.98 Å². The summed E-state index contributed by atoms with van der Waals surface area (Å²) in [5.41, 5.74) is 11.8. The minimum atomic E-state index is 0.638. The molecule has 5 nitrogen and oxygen atoms in total. The number of rotatable bonds is 6. The molecule has 0 spiro atoms. The van der Waals surface area contributed by atoms with E-state index in [2.05, 4.69) is 95.6 Å². The summed E-state index contributed by atoms with van der Waals surface area (Å²) < 4.78 is 8.39. The molecule has 0 saturated carbocycles. The fourth-order valence-electron chi connectivity index (χ4n) is 7.04. The summed E-state index contributed by atoms with van der Waals surface area (Å²) in [6.07, 6.45) is 3.96. The van der Waals surface area contributed by atoms with Crippen molar-refractivity contribution in [3.63, 3.8) is 0 Å². The fourth-order valence-corrected chi connectivity index (χ4v) is 7.04. The molecule has 3 heterocycles. The van der Waals surface area contributed by atoms with Gasteiger partial charge in [0.15, 0.2) is 5.84 Å². The maximum Gasteiger partial charge on any atom is 0.160 e. The lowest BCUT2D eigenvalue weighted by atomic mass is 10.0. The van der Waals surface area contributed by atoms with E-state index in [-0.39, 0.29) is 0 Å². The predicted octanol–water partition coefficient (Wildman–Crippen LogP) is 12.1. The number of furan rings is 1. The zero-order valence-electron chi connectivity index (χ0n) is 28.9. The van der Waals surface area contributed by atoms with Crippen LogP contribution in [0.15, 0.2) is 184 Å². The van der Waals surface area contributed by atoms with Gasteiger partial charge in [-0.2, -0.15) is 0 Å². The first-order chi connectivity index (χ1) is 25.6. The molecule has 0 saturated heterocycles. The summed E-state index contributed by atoms with van der Waals surface area (Å²) >= 11 is 0. The molecule has 0 aliphatic rings. The molecular formula is C47H34N4O. The van der Waals surface area contributed by atoms with Gasteiger partial charge in [0.05, 0.1) is 40.0 Å². The number of nitrogens with zero attached hydrogens (tertiary/aromatic N) is 4. The van der Waals surface area contributed by atoms with Crippen LogP contribution in [0, 0.1) is 0 Å². The van der Waals surface area contributed by atoms with Crippen molar-refractivity contribution in [2.75, 3.05) is 0 Å². The number of amidine groups is 1. The van der Waals surface area contributed by atoms with Gasteiger partial charge in [0.25, 0.3) is 0 Å². The van der Waals surface area contributed by atoms with E-state index in [0.717, 1.165) is 78.0 Å². The molecule has 9 aromatic rings. The summed E-state index contributed by atoms with van der Waals surface area (Å²) in [6.45, 7) is 3.99. The third kappa shape index (κ3) is 5.59. The number of fused-ring (bicyclic) bond motifs is 6. The van der Waals surface area contributed by atoms with Gasteiger partial charge in [-0.25, -0.2) is 9.98 Å². The van der Waals surface area contributed by atoms with Crippen molar-refractivity contribution in [3.8, 4) is 16.8 Å². The summed E-state index contributed by atoms with van der Waals surface area (Å²) in [5, 5.41) is 4.64. The van der Waals surface area contributed by atoms with Crippen molar-refractivity contribution >= 4 is 61.0 Å². The van der Waals surface area contributed by atoms with E-state index in [1.165, 1.54) is 10.8 Å². The molecule has 6 aromatic carbocycles. The van der Waals surface area contributed by atoms with Crippen molar-refractivity contribution in [3.05, 3.63) is 187 Å². The summed E-state index contributed by atoms with van der Waals surface area (Å²) in [6, 6.07) is 54.4. The molecule has 0 aliphatic heterocycles. The highest BCUT2D eigenvalue weighted by atomic mass is 16.3. The number of benzene rings is 6. The van der Waals surface area contributed by atoms with Crippen LogP contribution >= 0.6 is 0 Å². The van der Waals surface area contributed by atoms with E-state index >= 15 is 0 Å². The average molecular weight is 671 g/mol. The second-order valence-corrected chi connectivity index (χ2v) is 12.8. The molecular weight excluding hydrogens is 637 g/mol. The quantitative estimate of drug-likeness (QED) is 0.131. The number of hydrogen-bond acceptors (Lipinski definition) is 3. The molecule has 52 heavy (non-hydrogen) atoms. The van der Waals surface area contributed by atoms with Crippen molar-refractivity contribution < 1.29 is 4.42 Å². The third-order valence-corrected chi connectivity index (χ3v) is 9.63. The second kappa shape index (κ2) is 13.1. The number of pyridine rings is 1. The van der Waals surface area contributed by atoms with Crippen molar-refractivity contribution in [2.45, 2.75) is 13.8 Å². The lowest BCUT2D eigenvalue weighted by molar-refractivity contribution is 0.669. The molecule has 0 N–H and O–H groups in total. The van der Waals surface area contributed by atoms with E-state index in [1.54, 1.807) is 0 Å². The zero-order chi connectivity index (χ0) is 35.0. The lowest BCUT2D eigenvalue weighted by Crippen LogP contribution is -2.06. The van der Waals surface area contributed by atoms with Gasteiger partial charge in [0, 0.05) is 27.1 Å². The lowest BCUT2D eigenvalue weighted by Gasteiger charge is -2.10. The van der Waals surface area contributed by atoms with E-state index in [0.29, 0.717) is 5.84 Å². The number of allylic oxidation sites excluding steroid dienone is 1. The Bertz CT molecular complexity index is 2840. The summed E-state index contributed by atoms with van der Waals surface area (Å²) in [5.74, 6) is 0.638. The normalized spacial score (nSPS) is 12.8. The molecule has 0 atom stereocenters. The first kappa shape index (κ1) is 31.2. The van der Waals surface area contributed by atoms with Crippen LogP contribution in [0.4, 0.5) is 0 Å². The smallest absolute Gasteiger partial charge is 0.160 e. The Labute approximate surface area is 301 Å². The first-order valence-electron chi connectivity index (χ1n) is 17.5. The molecule has 5 heteroatoms. The van der Waals surface area contributed by atoms with Crippen LogP contribution in [0.2, 0.25) is 0 Å². The van der Waals surface area contributed by atoms with Crippen LogP contribution in [-0.2, 0) is 0 Å². The van der Waals surface area contributed by atoms with Gasteiger partial charge in [-0.3, -0.25) is 4.98 Å². The van der Waals surface area contributed by atoms with Gasteiger partial charge < -0.3 is 8.98 Å². The van der Waals surface area contributed by atoms with E-state index in [1.807, 2.05) is 92.9 Å². The van der Waals surface area contributed by atoms with Gasteiger partial charge >= 0.3 is 0 Å². The molecule has 0 amide bonds. The largest absolute Gasteiger partial charge is 0.456 e. The molecule has 248 valence electrons. The van der Waals surface area contributed by atoms with Crippen LogP contribution in [0.3, 0.4) is 0 Å². The molecule has 0 radical (unpaired) electrons. The first-order valence-corrected chi connectivity index (χ1v) is 17.5. The van der Waals surface area contributed by atoms with E-state index < -0.39 is 0 Å². The van der Waals surface area contributed by atoms with Crippen LogP contribution in [-0.4, -0.2) is 21.1 Å². The SMILES string of the molecule is C/C=C(/N=C(N=C(C)c1ccc(-n2c3ccccc3c3cc(-c4ccc5oc6ccccc6c5c4)ccc32)cn1)c1ccccc1)c1ccccc1. The molecule has 0 fully saturated rings. The standard InChI is InChI=1S/C47H34N4O/c1-3-41(32-14-6-4-7-15-32)50-47(33-16-8-5-9-17-33)49-31(2)42-25-24-36(30-48-42)51-43-20-12-10-18-37(43)39-28-34(22-26-44(39)51)35-23-27-46-40(29-35)38-19-11-13-21-45(38)52-46/h3-30H,1-2H3/b41-3+,49-31?,50-47?. The Morgan fingerprint density at radius 3 is 1.96 bits per heavy atom. The number of para-hydroxylation sites is 2. The molecule has 3 aromatic heterocycles. The maximum atomic E-state index is 6.10. The highest BCUT2D eigenvalue weighted by molar-refractivity contribution is 6.13. The molecule has 0 bridgehead atoms. The van der Waals surface area contributed by atoms with Crippen molar-refractivity contribution in [1.29, 1.82) is 0 Å². The number of hydrogen-bond donors (Lipinski definition) is 0. The summed E-state index contributed by atoms with van der Waals surface area (Å²) in [4.78, 5) is 15.0. The Morgan fingerprint density at radius 1 is 0.577 bits per heavy atom. The Balaban J connectivity index is 1.09. The minimum absolute atomic E-state index is 0.638. The third-order valence-electron chi connectivity index (χ3n) is 9.63. The minimum Gasteiger partial charge on any atom is -0.456 e. The van der Waals surface area contributed by atoms with E-state index in [9.17, 15) is 0 Å². The average Bonchev–Trinajstić information content (AvgIpc) is 3.75. The fraction of sp³-hybridized carbons (Fsp3) is 0.0426. The number of aromatic nitrogens is 2. The Morgan fingerprint density at radius 2 is 1.21 bits per heavy atom. The van der Waals surface area contributed by atoms with Gasteiger partial charge in [0.2, 0.25) is 0 Å². The second-order valence-electron chi connectivity index (χ2n) is 12.8. The van der Waals surface area contributed by atoms with Gasteiger partial charge in [0.1, 0.15) is 11.2 Å². The van der Waals surface area contributed by atoms with E-state index in [4.69, 9.17) is 19.4 Å². The zero-order valence-corrected chi connectivity index (χ0v) is 28.9. The molecule has 9 rings (SSSR count). The Hall–Kier alpha value is -6.85. The maximum absolute atomic E-state index is 6.10. The predicted molar refractivity (Wildman–Crippen MR) is 217 cm³/mol.